The summed E-state index contributed by atoms with van der Waals surface area (Å²) in [6.07, 6.45) is 1.53. The van der Waals surface area contributed by atoms with E-state index in [9.17, 15) is 18.0 Å². The number of amides is 2. The molecule has 126 valence electrons. The Morgan fingerprint density at radius 3 is 2.62 bits per heavy atom. The first-order valence-electron chi connectivity index (χ1n) is 7.32. The lowest BCUT2D eigenvalue weighted by Gasteiger charge is -2.16. The number of hydrogen-bond donors (Lipinski definition) is 1. The van der Waals surface area contributed by atoms with Crippen LogP contribution < -0.4 is 5.32 Å². The van der Waals surface area contributed by atoms with Crippen molar-refractivity contribution < 1.29 is 18.0 Å². The van der Waals surface area contributed by atoms with Gasteiger partial charge >= 0.3 is 0 Å². The number of fused-ring (bicyclic) bond motifs is 1. The largest absolute Gasteiger partial charge is 0.309 e. The third-order valence-corrected chi connectivity index (χ3v) is 5.41. The Kier molecular flexibility index (Phi) is 3.88. The number of sulfonamides is 1. The topological polar surface area (TPSA) is 101 Å². The molecule has 3 rings (SSSR count). The number of benzene rings is 1. The van der Waals surface area contributed by atoms with Crippen LogP contribution in [0.5, 0.6) is 0 Å². The highest BCUT2D eigenvalue weighted by atomic mass is 32.2. The van der Waals surface area contributed by atoms with E-state index in [0.29, 0.717) is 10.1 Å². The highest BCUT2D eigenvalue weighted by molar-refractivity contribution is 7.90. The van der Waals surface area contributed by atoms with Gasteiger partial charge in [0, 0.05) is 12.1 Å². The van der Waals surface area contributed by atoms with E-state index in [4.69, 9.17) is 0 Å². The van der Waals surface area contributed by atoms with Crippen LogP contribution in [0.4, 0.5) is 5.82 Å². The fourth-order valence-electron chi connectivity index (χ4n) is 2.52. The van der Waals surface area contributed by atoms with Crippen LogP contribution >= 0.6 is 0 Å². The van der Waals surface area contributed by atoms with Crippen LogP contribution in [-0.4, -0.2) is 40.9 Å². The summed E-state index contributed by atoms with van der Waals surface area (Å²) in [5.74, 6) is -0.864. The molecule has 1 aliphatic heterocycles. The molecule has 0 atom stereocenters. The Balaban J connectivity index is 1.81. The Labute approximate surface area is 139 Å². The molecule has 24 heavy (non-hydrogen) atoms. The number of aromatic nitrogens is 2. The zero-order valence-corrected chi connectivity index (χ0v) is 13.9. The average molecular weight is 348 g/mol. The van der Waals surface area contributed by atoms with Crippen LogP contribution in [0.25, 0.3) is 0 Å². The number of rotatable bonds is 4. The summed E-state index contributed by atoms with van der Waals surface area (Å²) in [5.41, 5.74) is 0.0810. The van der Waals surface area contributed by atoms with Gasteiger partial charge in [-0.3, -0.25) is 9.59 Å². The van der Waals surface area contributed by atoms with Crippen molar-refractivity contribution in [1.82, 2.24) is 14.1 Å². The van der Waals surface area contributed by atoms with E-state index in [1.54, 1.807) is 16.8 Å². The first-order chi connectivity index (χ1) is 11.3. The smallest absolute Gasteiger partial charge is 0.269 e. The number of carbonyl (C=O) groups excluding carboxylic acids is 2. The molecule has 2 amide bonds. The molecule has 2 heterocycles. The van der Waals surface area contributed by atoms with Crippen molar-refractivity contribution in [3.63, 3.8) is 0 Å². The summed E-state index contributed by atoms with van der Waals surface area (Å²) in [5, 5.41) is 6.67. The molecule has 0 saturated heterocycles. The van der Waals surface area contributed by atoms with Crippen molar-refractivity contribution in [1.29, 1.82) is 0 Å². The van der Waals surface area contributed by atoms with E-state index in [1.807, 2.05) is 13.8 Å². The molecule has 1 N–H and O–H groups in total. The maximum atomic E-state index is 12.4. The van der Waals surface area contributed by atoms with Gasteiger partial charge in [0.25, 0.3) is 15.9 Å². The van der Waals surface area contributed by atoms with E-state index < -0.39 is 28.4 Å². The van der Waals surface area contributed by atoms with E-state index in [2.05, 4.69) is 10.4 Å². The van der Waals surface area contributed by atoms with Crippen LogP contribution in [0, 0.1) is 0 Å². The average Bonchev–Trinajstić information content (AvgIpc) is 3.06. The number of carbonyl (C=O) groups is 2. The second-order valence-electron chi connectivity index (χ2n) is 5.62. The van der Waals surface area contributed by atoms with Gasteiger partial charge in [0.15, 0.2) is 0 Å². The first-order valence-corrected chi connectivity index (χ1v) is 8.76. The lowest BCUT2D eigenvalue weighted by molar-refractivity contribution is -0.116. The second-order valence-corrected chi connectivity index (χ2v) is 7.45. The molecule has 0 radical (unpaired) electrons. The molecule has 1 aliphatic rings. The van der Waals surface area contributed by atoms with Crippen molar-refractivity contribution >= 4 is 27.7 Å². The second kappa shape index (κ2) is 5.75. The van der Waals surface area contributed by atoms with Crippen molar-refractivity contribution in [2.45, 2.75) is 24.8 Å². The van der Waals surface area contributed by atoms with Gasteiger partial charge in [0.2, 0.25) is 5.91 Å². The third kappa shape index (κ3) is 2.56. The van der Waals surface area contributed by atoms with E-state index in [-0.39, 0.29) is 16.5 Å². The zero-order chi connectivity index (χ0) is 17.5. The predicted octanol–water partition coefficient (Wildman–Crippen LogP) is 1.25. The normalized spacial score (nSPS) is 15.6. The number of anilines is 1. The molecule has 8 nitrogen and oxygen atoms in total. The summed E-state index contributed by atoms with van der Waals surface area (Å²) in [7, 11) is -4.00. The van der Waals surface area contributed by atoms with Crippen molar-refractivity contribution in [2.24, 2.45) is 0 Å². The third-order valence-electron chi connectivity index (χ3n) is 3.63. The van der Waals surface area contributed by atoms with Crippen molar-refractivity contribution in [3.8, 4) is 0 Å². The Morgan fingerprint density at radius 2 is 1.96 bits per heavy atom. The number of nitrogens with one attached hydrogen (secondary N) is 1. The van der Waals surface area contributed by atoms with Gasteiger partial charge in [-0.25, -0.2) is 17.4 Å². The molecule has 0 fully saturated rings. The van der Waals surface area contributed by atoms with E-state index >= 15 is 0 Å². The van der Waals surface area contributed by atoms with Crippen molar-refractivity contribution in [3.05, 3.63) is 42.1 Å². The molecule has 0 saturated carbocycles. The molecule has 1 aromatic heterocycles. The zero-order valence-electron chi connectivity index (χ0n) is 13.1. The van der Waals surface area contributed by atoms with Gasteiger partial charge in [-0.2, -0.15) is 5.10 Å². The summed E-state index contributed by atoms with van der Waals surface area (Å²) >= 11 is 0. The van der Waals surface area contributed by atoms with Crippen LogP contribution in [0.3, 0.4) is 0 Å². The maximum Gasteiger partial charge on any atom is 0.269 e. The van der Waals surface area contributed by atoms with Crippen LogP contribution in [0.1, 0.15) is 30.2 Å². The molecular formula is C15H16N4O4S. The Hall–Kier alpha value is -2.68. The lowest BCUT2D eigenvalue weighted by atomic mass is 10.2. The summed E-state index contributed by atoms with van der Waals surface area (Å²) < 4.78 is 27.0. The highest BCUT2D eigenvalue weighted by Crippen LogP contribution is 2.29. The van der Waals surface area contributed by atoms with E-state index in [0.717, 1.165) is 0 Å². The Morgan fingerprint density at radius 1 is 1.25 bits per heavy atom. The Bertz CT molecular complexity index is 917. The fourth-order valence-corrected chi connectivity index (χ4v) is 4.05. The molecule has 9 heteroatoms. The lowest BCUT2D eigenvalue weighted by Crippen LogP contribution is -2.37. The standard InChI is InChI=1S/C15H16N4O4S/c1-10(2)19-13(7-8-16-19)17-14(20)9-18-15(21)11-5-3-4-6-12(11)24(18,22)23/h3-8,10H,9H2,1-2H3,(H,17,20). The van der Waals surface area contributed by atoms with Crippen LogP contribution in [0.15, 0.2) is 41.4 Å². The van der Waals surface area contributed by atoms with Gasteiger partial charge in [-0.15, -0.1) is 0 Å². The molecule has 0 unspecified atom stereocenters. The van der Waals surface area contributed by atoms with Gasteiger partial charge in [0.05, 0.1) is 11.8 Å². The summed E-state index contributed by atoms with van der Waals surface area (Å²) in [6, 6.07) is 7.53. The minimum absolute atomic E-state index is 0.0247. The molecule has 1 aromatic carbocycles. The SMILES string of the molecule is CC(C)n1nccc1NC(=O)CN1C(=O)c2ccccc2S1(=O)=O. The van der Waals surface area contributed by atoms with Gasteiger partial charge in [-0.1, -0.05) is 12.1 Å². The number of hydrogen-bond acceptors (Lipinski definition) is 5. The highest BCUT2D eigenvalue weighted by Gasteiger charge is 2.41. The minimum Gasteiger partial charge on any atom is -0.309 e. The summed E-state index contributed by atoms with van der Waals surface area (Å²) in [4.78, 5) is 24.4. The maximum absolute atomic E-state index is 12.4. The molecule has 2 aromatic rings. The summed E-state index contributed by atoms with van der Waals surface area (Å²) in [6.45, 7) is 3.21. The quantitative estimate of drug-likeness (QED) is 0.896. The minimum atomic E-state index is -4.00. The molecule has 0 spiro atoms. The first kappa shape index (κ1) is 16.2. The van der Waals surface area contributed by atoms with Gasteiger partial charge in [0.1, 0.15) is 17.3 Å². The predicted molar refractivity (Wildman–Crippen MR) is 85.9 cm³/mol. The van der Waals surface area contributed by atoms with Gasteiger partial charge in [-0.05, 0) is 26.0 Å². The van der Waals surface area contributed by atoms with Gasteiger partial charge < -0.3 is 5.32 Å². The monoisotopic (exact) mass is 348 g/mol. The van der Waals surface area contributed by atoms with E-state index in [1.165, 1.54) is 24.4 Å². The molecular weight excluding hydrogens is 332 g/mol. The fraction of sp³-hybridized carbons (Fsp3) is 0.267. The van der Waals surface area contributed by atoms with Crippen LogP contribution in [-0.2, 0) is 14.8 Å². The number of nitrogens with zero attached hydrogens (tertiary/aromatic N) is 3. The van der Waals surface area contributed by atoms with Crippen LogP contribution in [0.2, 0.25) is 0 Å². The van der Waals surface area contributed by atoms with Crippen molar-refractivity contribution in [2.75, 3.05) is 11.9 Å². The molecule has 0 aliphatic carbocycles. The molecule has 0 bridgehead atoms.